The van der Waals surface area contributed by atoms with E-state index in [2.05, 4.69) is 15.5 Å². The minimum absolute atomic E-state index is 0.0241. The maximum absolute atomic E-state index is 12.0. The van der Waals surface area contributed by atoms with Crippen LogP contribution in [0.2, 0.25) is 8.67 Å². The molecule has 8 heteroatoms. The second-order valence-electron chi connectivity index (χ2n) is 4.86. The van der Waals surface area contributed by atoms with E-state index < -0.39 is 0 Å². The van der Waals surface area contributed by atoms with Crippen molar-refractivity contribution >= 4 is 46.5 Å². The number of rotatable bonds is 4. The van der Waals surface area contributed by atoms with E-state index in [4.69, 9.17) is 27.6 Å². The molecule has 0 spiro atoms. The molecule has 0 saturated carbocycles. The number of thiophene rings is 1. The minimum Gasteiger partial charge on any atom is -0.403 e. The molecule has 0 atom stereocenters. The fourth-order valence-electron chi connectivity index (χ4n) is 2.04. The fraction of sp³-hybridized carbons (Fsp3) is 0.133. The van der Waals surface area contributed by atoms with E-state index >= 15 is 0 Å². The molecular formula is C15H11Cl2N3O2S. The Morgan fingerprint density at radius 3 is 2.83 bits per heavy atom. The van der Waals surface area contributed by atoms with E-state index in [0.29, 0.717) is 14.2 Å². The molecule has 0 bridgehead atoms. The van der Waals surface area contributed by atoms with E-state index in [-0.39, 0.29) is 24.2 Å². The fourth-order valence-corrected chi connectivity index (χ4v) is 3.49. The first kappa shape index (κ1) is 16.0. The zero-order chi connectivity index (χ0) is 16.4. The summed E-state index contributed by atoms with van der Waals surface area (Å²) in [6.45, 7) is 1.97. The molecule has 0 unspecified atom stereocenters. The lowest BCUT2D eigenvalue weighted by Crippen LogP contribution is -2.14. The summed E-state index contributed by atoms with van der Waals surface area (Å²) in [5, 5.41) is 10.2. The number of carbonyl (C=O) groups excluding carboxylic acids is 1. The lowest BCUT2D eigenvalue weighted by atomic mass is 10.1. The average molecular weight is 368 g/mol. The van der Waals surface area contributed by atoms with Gasteiger partial charge in [0.1, 0.15) is 4.34 Å². The molecule has 0 saturated heterocycles. The third kappa shape index (κ3) is 3.90. The number of aryl methyl sites for hydroxylation is 1. The van der Waals surface area contributed by atoms with Crippen LogP contribution in [0.25, 0.3) is 11.5 Å². The van der Waals surface area contributed by atoms with Crippen LogP contribution in [0.5, 0.6) is 0 Å². The minimum atomic E-state index is -0.236. The van der Waals surface area contributed by atoms with Crippen molar-refractivity contribution in [2.45, 2.75) is 13.3 Å². The predicted molar refractivity (Wildman–Crippen MR) is 91.1 cm³/mol. The number of benzene rings is 1. The molecule has 0 aliphatic heterocycles. The molecule has 1 N–H and O–H groups in total. The SMILES string of the molecule is Cc1cccc(CC(=O)Nc2nnc(-c3cc(Cl)sc3Cl)o2)c1. The number of aromatic nitrogens is 2. The second-order valence-corrected chi connectivity index (χ2v) is 7.15. The number of hydrogen-bond acceptors (Lipinski definition) is 5. The van der Waals surface area contributed by atoms with Crippen molar-refractivity contribution in [1.82, 2.24) is 10.2 Å². The zero-order valence-electron chi connectivity index (χ0n) is 12.0. The summed E-state index contributed by atoms with van der Waals surface area (Å²) in [4.78, 5) is 12.0. The molecule has 0 aliphatic carbocycles. The molecule has 1 amide bonds. The molecule has 23 heavy (non-hydrogen) atoms. The van der Waals surface area contributed by atoms with Crippen LogP contribution in [-0.2, 0) is 11.2 Å². The van der Waals surface area contributed by atoms with Gasteiger partial charge in [0.25, 0.3) is 5.89 Å². The van der Waals surface area contributed by atoms with Gasteiger partial charge in [-0.25, -0.2) is 0 Å². The van der Waals surface area contributed by atoms with Gasteiger partial charge in [-0.3, -0.25) is 10.1 Å². The van der Waals surface area contributed by atoms with Crippen LogP contribution in [0, 0.1) is 6.92 Å². The zero-order valence-corrected chi connectivity index (χ0v) is 14.3. The summed E-state index contributed by atoms with van der Waals surface area (Å²) in [6, 6.07) is 9.38. The molecule has 0 radical (unpaired) electrons. The van der Waals surface area contributed by atoms with Crippen molar-refractivity contribution in [3.63, 3.8) is 0 Å². The monoisotopic (exact) mass is 367 g/mol. The van der Waals surface area contributed by atoms with Gasteiger partial charge in [-0.2, -0.15) is 0 Å². The Hall–Kier alpha value is -1.89. The molecule has 2 aromatic heterocycles. The number of amides is 1. The van der Waals surface area contributed by atoms with E-state index in [1.54, 1.807) is 6.07 Å². The highest BCUT2D eigenvalue weighted by Gasteiger charge is 2.16. The van der Waals surface area contributed by atoms with Gasteiger partial charge >= 0.3 is 6.01 Å². The van der Waals surface area contributed by atoms with E-state index in [1.165, 1.54) is 11.3 Å². The predicted octanol–water partition coefficient (Wildman–Crippen LogP) is 4.59. The molecule has 1 aromatic carbocycles. The molecule has 0 aliphatic rings. The summed E-state index contributed by atoms with van der Waals surface area (Å²) < 4.78 is 6.38. The van der Waals surface area contributed by atoms with Crippen molar-refractivity contribution < 1.29 is 9.21 Å². The Morgan fingerprint density at radius 1 is 1.30 bits per heavy atom. The van der Waals surface area contributed by atoms with Crippen LogP contribution in [-0.4, -0.2) is 16.1 Å². The Balaban J connectivity index is 1.69. The van der Waals surface area contributed by atoms with Crippen LogP contribution in [0.3, 0.4) is 0 Å². The van der Waals surface area contributed by atoms with Crippen LogP contribution in [0.1, 0.15) is 11.1 Å². The van der Waals surface area contributed by atoms with Crippen molar-refractivity contribution in [3.05, 3.63) is 50.1 Å². The maximum Gasteiger partial charge on any atom is 0.322 e. The van der Waals surface area contributed by atoms with Crippen LogP contribution >= 0.6 is 34.5 Å². The molecule has 0 fully saturated rings. The second kappa shape index (κ2) is 6.70. The summed E-state index contributed by atoms with van der Waals surface area (Å²) in [6.07, 6.45) is 0.227. The van der Waals surface area contributed by atoms with Crippen LogP contribution in [0.4, 0.5) is 6.01 Å². The van der Waals surface area contributed by atoms with E-state index in [0.717, 1.165) is 11.1 Å². The molecule has 2 heterocycles. The van der Waals surface area contributed by atoms with Crippen molar-refractivity contribution in [2.24, 2.45) is 0 Å². The molecule has 5 nitrogen and oxygen atoms in total. The number of halogens is 2. The maximum atomic E-state index is 12.0. The van der Waals surface area contributed by atoms with Crippen molar-refractivity contribution in [2.75, 3.05) is 5.32 Å². The third-order valence-corrected chi connectivity index (χ3v) is 4.49. The van der Waals surface area contributed by atoms with Crippen molar-refractivity contribution in [1.29, 1.82) is 0 Å². The highest BCUT2D eigenvalue weighted by atomic mass is 35.5. The van der Waals surface area contributed by atoms with E-state index in [9.17, 15) is 4.79 Å². The lowest BCUT2D eigenvalue weighted by molar-refractivity contribution is -0.115. The molecule has 3 rings (SSSR count). The summed E-state index contributed by atoms with van der Waals surface area (Å²) in [5.41, 5.74) is 2.56. The number of anilines is 1. The van der Waals surface area contributed by atoms with Crippen LogP contribution < -0.4 is 5.32 Å². The Morgan fingerprint density at radius 2 is 2.13 bits per heavy atom. The van der Waals surface area contributed by atoms with Gasteiger partial charge < -0.3 is 4.42 Å². The van der Waals surface area contributed by atoms with Crippen molar-refractivity contribution in [3.8, 4) is 11.5 Å². The third-order valence-electron chi connectivity index (χ3n) is 3.01. The van der Waals surface area contributed by atoms with Gasteiger partial charge in [0.15, 0.2) is 0 Å². The first-order chi connectivity index (χ1) is 11.0. The highest BCUT2D eigenvalue weighted by Crippen LogP contribution is 2.37. The summed E-state index contributed by atoms with van der Waals surface area (Å²) in [5.74, 6) is -0.0238. The quantitative estimate of drug-likeness (QED) is 0.731. The van der Waals surface area contributed by atoms with Gasteiger partial charge in [0.2, 0.25) is 5.91 Å². The topological polar surface area (TPSA) is 68.0 Å². The van der Waals surface area contributed by atoms with Crippen LogP contribution in [0.15, 0.2) is 34.7 Å². The molecule has 3 aromatic rings. The number of nitrogens with one attached hydrogen (secondary N) is 1. The van der Waals surface area contributed by atoms with Gasteiger partial charge in [0.05, 0.1) is 16.3 Å². The number of nitrogens with zero attached hydrogens (tertiary/aromatic N) is 2. The standard InChI is InChI=1S/C15H11Cl2N3O2S/c1-8-3-2-4-9(5-8)6-12(21)18-15-20-19-14(22-15)10-7-11(16)23-13(10)17/h2-5,7H,6H2,1H3,(H,18,20,21). The Labute approximate surface area is 146 Å². The Bertz CT molecular complexity index is 860. The first-order valence-corrected chi connectivity index (χ1v) is 8.22. The molecule has 118 valence electrons. The first-order valence-electron chi connectivity index (χ1n) is 6.65. The molecular weight excluding hydrogens is 357 g/mol. The average Bonchev–Trinajstić information content (AvgIpc) is 3.05. The largest absolute Gasteiger partial charge is 0.403 e. The highest BCUT2D eigenvalue weighted by molar-refractivity contribution is 7.20. The normalized spacial score (nSPS) is 10.7. The van der Waals surface area contributed by atoms with E-state index in [1.807, 2.05) is 31.2 Å². The lowest BCUT2D eigenvalue weighted by Gasteiger charge is -2.02. The number of hydrogen-bond donors (Lipinski definition) is 1. The summed E-state index contributed by atoms with van der Waals surface area (Å²) in [7, 11) is 0. The number of carbonyl (C=O) groups is 1. The summed E-state index contributed by atoms with van der Waals surface area (Å²) >= 11 is 13.1. The Kier molecular flexibility index (Phi) is 4.66. The van der Waals surface area contributed by atoms with Gasteiger partial charge in [0, 0.05) is 0 Å². The smallest absolute Gasteiger partial charge is 0.322 e. The van der Waals surface area contributed by atoms with Gasteiger partial charge in [-0.05, 0) is 18.6 Å². The van der Waals surface area contributed by atoms with Gasteiger partial charge in [-0.1, -0.05) is 58.1 Å². The van der Waals surface area contributed by atoms with Gasteiger partial charge in [-0.15, -0.1) is 16.4 Å².